The van der Waals surface area contributed by atoms with Gasteiger partial charge in [-0.2, -0.15) is 0 Å². The Morgan fingerprint density at radius 2 is 1.37 bits per heavy atom. The van der Waals surface area contributed by atoms with Crippen LogP contribution in [0.2, 0.25) is 0 Å². The van der Waals surface area contributed by atoms with Gasteiger partial charge in [0.1, 0.15) is 0 Å². The van der Waals surface area contributed by atoms with E-state index in [4.69, 9.17) is 0 Å². The molecule has 1 rings (SSSR count). The van der Waals surface area contributed by atoms with Gasteiger partial charge in [-0.25, -0.2) is 0 Å². The SMILES string of the molecule is CCCCCCCc1cccc(C)c1CCCCC. The molecular formula is C19H32. The van der Waals surface area contributed by atoms with Crippen molar-refractivity contribution in [1.29, 1.82) is 0 Å². The average Bonchev–Trinajstić information content (AvgIpc) is 2.41. The van der Waals surface area contributed by atoms with Crippen molar-refractivity contribution in [3.63, 3.8) is 0 Å². The van der Waals surface area contributed by atoms with E-state index in [2.05, 4.69) is 39.0 Å². The Bertz CT molecular complexity index is 338. The molecule has 0 atom stereocenters. The molecule has 0 spiro atoms. The summed E-state index contributed by atoms with van der Waals surface area (Å²) in [5.41, 5.74) is 4.77. The van der Waals surface area contributed by atoms with Crippen molar-refractivity contribution < 1.29 is 0 Å². The molecule has 0 fully saturated rings. The lowest BCUT2D eigenvalue weighted by Crippen LogP contribution is -1.98. The number of unbranched alkanes of at least 4 members (excludes halogenated alkanes) is 6. The summed E-state index contributed by atoms with van der Waals surface area (Å²) in [7, 11) is 0. The second kappa shape index (κ2) is 10.1. The van der Waals surface area contributed by atoms with Gasteiger partial charge in [-0.15, -0.1) is 0 Å². The van der Waals surface area contributed by atoms with Crippen molar-refractivity contribution in [2.45, 2.75) is 85.0 Å². The van der Waals surface area contributed by atoms with Crippen LogP contribution in [0.15, 0.2) is 18.2 Å². The molecule has 1 aromatic carbocycles. The maximum absolute atomic E-state index is 2.36. The Morgan fingerprint density at radius 3 is 2.11 bits per heavy atom. The fourth-order valence-electron chi connectivity index (χ4n) is 2.83. The minimum Gasteiger partial charge on any atom is -0.0654 e. The Labute approximate surface area is 120 Å². The van der Waals surface area contributed by atoms with Gasteiger partial charge in [-0.3, -0.25) is 0 Å². The third-order valence-electron chi connectivity index (χ3n) is 4.09. The number of hydrogen-bond donors (Lipinski definition) is 0. The molecule has 0 saturated carbocycles. The van der Waals surface area contributed by atoms with Gasteiger partial charge in [0.15, 0.2) is 0 Å². The fourth-order valence-corrected chi connectivity index (χ4v) is 2.83. The van der Waals surface area contributed by atoms with Crippen LogP contribution in [-0.4, -0.2) is 0 Å². The molecule has 108 valence electrons. The summed E-state index contributed by atoms with van der Waals surface area (Å²) in [6, 6.07) is 6.87. The van der Waals surface area contributed by atoms with E-state index >= 15 is 0 Å². The van der Waals surface area contributed by atoms with E-state index < -0.39 is 0 Å². The fraction of sp³-hybridized carbons (Fsp3) is 0.684. The maximum Gasteiger partial charge on any atom is -0.0274 e. The summed E-state index contributed by atoms with van der Waals surface area (Å²) >= 11 is 0. The first-order valence-corrected chi connectivity index (χ1v) is 8.37. The zero-order valence-electron chi connectivity index (χ0n) is 13.3. The van der Waals surface area contributed by atoms with E-state index in [0.717, 1.165) is 0 Å². The summed E-state index contributed by atoms with van der Waals surface area (Å²) in [6.45, 7) is 6.85. The molecule has 1 aromatic rings. The minimum absolute atomic E-state index is 1.28. The van der Waals surface area contributed by atoms with Gasteiger partial charge in [0, 0.05) is 0 Å². The quantitative estimate of drug-likeness (QED) is 0.437. The van der Waals surface area contributed by atoms with Crippen LogP contribution in [0.25, 0.3) is 0 Å². The lowest BCUT2D eigenvalue weighted by atomic mass is 9.93. The first-order chi connectivity index (χ1) is 9.29. The van der Waals surface area contributed by atoms with Gasteiger partial charge in [0.2, 0.25) is 0 Å². The molecule has 0 nitrogen and oxygen atoms in total. The average molecular weight is 260 g/mol. The molecule has 0 aliphatic carbocycles. The normalized spacial score (nSPS) is 10.9. The van der Waals surface area contributed by atoms with Crippen molar-refractivity contribution in [3.05, 3.63) is 34.9 Å². The van der Waals surface area contributed by atoms with Crippen molar-refractivity contribution in [3.8, 4) is 0 Å². The summed E-state index contributed by atoms with van der Waals surface area (Å²) in [6.07, 6.45) is 13.5. The van der Waals surface area contributed by atoms with Crippen molar-refractivity contribution in [1.82, 2.24) is 0 Å². The zero-order valence-corrected chi connectivity index (χ0v) is 13.3. The van der Waals surface area contributed by atoms with Crippen LogP contribution in [0, 0.1) is 6.92 Å². The number of rotatable bonds is 10. The Morgan fingerprint density at radius 1 is 0.737 bits per heavy atom. The van der Waals surface area contributed by atoms with Gasteiger partial charge < -0.3 is 0 Å². The van der Waals surface area contributed by atoms with Gasteiger partial charge in [-0.05, 0) is 49.3 Å². The highest BCUT2D eigenvalue weighted by atomic mass is 14.1. The molecule has 0 aliphatic heterocycles. The lowest BCUT2D eigenvalue weighted by Gasteiger charge is -2.12. The molecule has 0 saturated heterocycles. The van der Waals surface area contributed by atoms with Crippen LogP contribution in [0.5, 0.6) is 0 Å². The summed E-state index contributed by atoms with van der Waals surface area (Å²) in [4.78, 5) is 0. The van der Waals surface area contributed by atoms with Gasteiger partial charge in [0.25, 0.3) is 0 Å². The first-order valence-electron chi connectivity index (χ1n) is 8.37. The topological polar surface area (TPSA) is 0 Å². The molecule has 0 aliphatic rings. The zero-order chi connectivity index (χ0) is 13.9. The van der Waals surface area contributed by atoms with Gasteiger partial charge in [0.05, 0.1) is 0 Å². The van der Waals surface area contributed by atoms with Crippen molar-refractivity contribution in [2.75, 3.05) is 0 Å². The monoisotopic (exact) mass is 260 g/mol. The first kappa shape index (κ1) is 16.3. The summed E-state index contributed by atoms with van der Waals surface area (Å²) in [5, 5.41) is 0. The Hall–Kier alpha value is -0.780. The highest BCUT2D eigenvalue weighted by molar-refractivity contribution is 5.34. The molecule has 0 heteroatoms. The van der Waals surface area contributed by atoms with Crippen LogP contribution < -0.4 is 0 Å². The maximum atomic E-state index is 2.36. The molecule has 19 heavy (non-hydrogen) atoms. The van der Waals surface area contributed by atoms with Crippen molar-refractivity contribution in [2.24, 2.45) is 0 Å². The third kappa shape index (κ3) is 6.27. The molecular weight excluding hydrogens is 228 g/mol. The molecule has 0 amide bonds. The predicted molar refractivity (Wildman–Crippen MR) is 86.9 cm³/mol. The number of aryl methyl sites for hydroxylation is 2. The van der Waals surface area contributed by atoms with E-state index in [1.54, 1.807) is 11.1 Å². The third-order valence-corrected chi connectivity index (χ3v) is 4.09. The van der Waals surface area contributed by atoms with E-state index in [1.165, 1.54) is 69.8 Å². The predicted octanol–water partition coefficient (Wildman–Crippen LogP) is 6.24. The highest BCUT2D eigenvalue weighted by Crippen LogP contribution is 2.20. The van der Waals surface area contributed by atoms with Crippen LogP contribution in [0.1, 0.15) is 81.9 Å². The summed E-state index contributed by atoms with van der Waals surface area (Å²) < 4.78 is 0. The largest absolute Gasteiger partial charge is 0.0654 e. The second-order valence-electron chi connectivity index (χ2n) is 5.83. The molecule has 0 aromatic heterocycles. The van der Waals surface area contributed by atoms with E-state index in [-0.39, 0.29) is 0 Å². The highest BCUT2D eigenvalue weighted by Gasteiger charge is 2.05. The Kier molecular flexibility index (Phi) is 8.62. The number of hydrogen-bond acceptors (Lipinski definition) is 0. The van der Waals surface area contributed by atoms with Gasteiger partial charge >= 0.3 is 0 Å². The number of benzene rings is 1. The van der Waals surface area contributed by atoms with E-state index in [1.807, 2.05) is 0 Å². The van der Waals surface area contributed by atoms with Crippen LogP contribution in [0.3, 0.4) is 0 Å². The van der Waals surface area contributed by atoms with Crippen LogP contribution >= 0.6 is 0 Å². The molecule has 0 bridgehead atoms. The lowest BCUT2D eigenvalue weighted by molar-refractivity contribution is 0.629. The van der Waals surface area contributed by atoms with Gasteiger partial charge in [-0.1, -0.05) is 70.6 Å². The Balaban J connectivity index is 2.48. The van der Waals surface area contributed by atoms with Crippen LogP contribution in [0.4, 0.5) is 0 Å². The molecule has 0 N–H and O–H groups in total. The van der Waals surface area contributed by atoms with E-state index in [0.29, 0.717) is 0 Å². The standard InChI is InChI=1S/C19H32/c1-4-6-8-9-11-14-18-15-12-13-17(3)19(18)16-10-7-5-2/h12-13,15H,4-11,14,16H2,1-3H3. The molecule has 0 heterocycles. The minimum atomic E-state index is 1.28. The second-order valence-corrected chi connectivity index (χ2v) is 5.83. The van der Waals surface area contributed by atoms with E-state index in [9.17, 15) is 0 Å². The molecule has 0 radical (unpaired) electrons. The smallest absolute Gasteiger partial charge is 0.0274 e. The van der Waals surface area contributed by atoms with Crippen LogP contribution in [-0.2, 0) is 12.8 Å². The summed E-state index contributed by atoms with van der Waals surface area (Å²) in [5.74, 6) is 0. The molecule has 0 unspecified atom stereocenters. The van der Waals surface area contributed by atoms with Crippen molar-refractivity contribution >= 4 is 0 Å².